The molecule has 0 aromatic heterocycles. The zero-order valence-electron chi connectivity index (χ0n) is 12.0. The van der Waals surface area contributed by atoms with Gasteiger partial charge < -0.3 is 20.6 Å². The van der Waals surface area contributed by atoms with Crippen molar-refractivity contribution in [2.24, 2.45) is 0 Å². The van der Waals surface area contributed by atoms with Crippen molar-refractivity contribution < 1.29 is 18.7 Å². The Kier molecular flexibility index (Phi) is 4.43. The molecule has 1 fully saturated rings. The predicted molar refractivity (Wildman–Crippen MR) is 74.8 cm³/mol. The van der Waals surface area contributed by atoms with Crippen LogP contribution in [0.2, 0.25) is 0 Å². The number of hydrogen-bond donors (Lipinski definition) is 2. The Morgan fingerprint density at radius 3 is 2.67 bits per heavy atom. The van der Waals surface area contributed by atoms with Gasteiger partial charge in [-0.25, -0.2) is 8.78 Å². The van der Waals surface area contributed by atoms with Gasteiger partial charge in [-0.15, -0.1) is 0 Å². The minimum Gasteiger partial charge on any atom is -0.398 e. The van der Waals surface area contributed by atoms with Crippen LogP contribution in [-0.2, 0) is 0 Å². The number of hydrogen-bond acceptors (Lipinski definition) is 4. The molecule has 2 atom stereocenters. The quantitative estimate of drug-likeness (QED) is 0.806. The van der Waals surface area contributed by atoms with Crippen LogP contribution in [0.3, 0.4) is 0 Å². The summed E-state index contributed by atoms with van der Waals surface area (Å²) in [5.74, 6) is -2.69. The predicted octanol–water partition coefficient (Wildman–Crippen LogP) is 0.684. The summed E-state index contributed by atoms with van der Waals surface area (Å²) in [7, 11) is 3.72. The van der Waals surface area contributed by atoms with Gasteiger partial charge in [0.2, 0.25) is 0 Å². The van der Waals surface area contributed by atoms with Gasteiger partial charge in [-0.1, -0.05) is 0 Å². The number of nitrogens with two attached hydrogens (primary N) is 1. The van der Waals surface area contributed by atoms with Crippen LogP contribution in [0.1, 0.15) is 16.8 Å². The van der Waals surface area contributed by atoms with Crippen molar-refractivity contribution in [1.29, 1.82) is 0 Å². The van der Waals surface area contributed by atoms with Crippen molar-refractivity contribution in [3.05, 3.63) is 29.3 Å². The Labute approximate surface area is 121 Å². The molecule has 1 aromatic rings. The lowest BCUT2D eigenvalue weighted by molar-refractivity contribution is 0.0699. The van der Waals surface area contributed by atoms with E-state index in [1.165, 1.54) is 4.90 Å². The molecule has 0 saturated carbocycles. The fourth-order valence-corrected chi connectivity index (χ4v) is 2.64. The van der Waals surface area contributed by atoms with Gasteiger partial charge in [0.1, 0.15) is 0 Å². The fourth-order valence-electron chi connectivity index (χ4n) is 2.64. The zero-order chi connectivity index (χ0) is 15.7. The molecule has 1 aliphatic rings. The summed E-state index contributed by atoms with van der Waals surface area (Å²) in [5.41, 5.74) is 5.43. The molecule has 1 saturated heterocycles. The first-order valence-corrected chi connectivity index (χ1v) is 6.68. The topological polar surface area (TPSA) is 69.8 Å². The maximum absolute atomic E-state index is 13.3. The van der Waals surface area contributed by atoms with E-state index in [4.69, 9.17) is 5.73 Å². The molecule has 0 spiro atoms. The van der Waals surface area contributed by atoms with Crippen molar-refractivity contribution in [2.75, 3.05) is 32.9 Å². The molecule has 1 heterocycles. The molecule has 1 amide bonds. The molecule has 116 valence electrons. The summed E-state index contributed by atoms with van der Waals surface area (Å²) in [5, 5.41) is 9.77. The number of likely N-dealkylation sites (tertiary alicyclic amines) is 1. The van der Waals surface area contributed by atoms with Crippen LogP contribution in [0.25, 0.3) is 0 Å². The monoisotopic (exact) mass is 299 g/mol. The van der Waals surface area contributed by atoms with Gasteiger partial charge in [0.05, 0.1) is 11.7 Å². The van der Waals surface area contributed by atoms with Gasteiger partial charge >= 0.3 is 0 Å². The number of carbonyl (C=O) groups is 1. The third kappa shape index (κ3) is 3.30. The third-order valence-corrected chi connectivity index (χ3v) is 3.55. The molecule has 2 unspecified atom stereocenters. The van der Waals surface area contributed by atoms with Crippen molar-refractivity contribution >= 4 is 11.6 Å². The van der Waals surface area contributed by atoms with Crippen molar-refractivity contribution in [2.45, 2.75) is 18.6 Å². The molecule has 1 aliphatic heterocycles. The highest BCUT2D eigenvalue weighted by Crippen LogP contribution is 2.25. The number of aliphatic hydroxyl groups is 1. The summed E-state index contributed by atoms with van der Waals surface area (Å²) in [6.07, 6.45) is -0.168. The SMILES string of the molecule is CN(C)CC1CC(O)CN1C(=O)c1cc(F)c(F)cc1N. The van der Waals surface area contributed by atoms with E-state index in [0.29, 0.717) is 13.0 Å². The highest BCUT2D eigenvalue weighted by Gasteiger charge is 2.35. The van der Waals surface area contributed by atoms with Crippen LogP contribution < -0.4 is 5.73 Å². The van der Waals surface area contributed by atoms with Gasteiger partial charge in [0.25, 0.3) is 5.91 Å². The number of anilines is 1. The summed E-state index contributed by atoms with van der Waals surface area (Å²) in [6, 6.07) is 1.43. The number of carbonyl (C=O) groups excluding carboxylic acids is 1. The smallest absolute Gasteiger partial charge is 0.256 e. The van der Waals surface area contributed by atoms with Gasteiger partial charge in [-0.05, 0) is 26.6 Å². The van der Waals surface area contributed by atoms with Crippen LogP contribution in [0.15, 0.2) is 12.1 Å². The van der Waals surface area contributed by atoms with E-state index in [9.17, 15) is 18.7 Å². The Hall–Kier alpha value is -1.73. The number of nitrogen functional groups attached to an aromatic ring is 1. The molecular formula is C14H19F2N3O2. The van der Waals surface area contributed by atoms with Gasteiger partial charge in [-0.2, -0.15) is 0 Å². The molecule has 7 heteroatoms. The summed E-state index contributed by atoms with van der Waals surface area (Å²) in [6.45, 7) is 0.738. The highest BCUT2D eigenvalue weighted by atomic mass is 19.2. The van der Waals surface area contributed by atoms with Crippen LogP contribution in [0.5, 0.6) is 0 Å². The number of β-amino-alcohol motifs (C(OH)–C–C–N with tert-alkyl or cyclic N) is 1. The van der Waals surface area contributed by atoms with Crippen molar-refractivity contribution in [3.63, 3.8) is 0 Å². The Morgan fingerprint density at radius 2 is 2.05 bits per heavy atom. The lowest BCUT2D eigenvalue weighted by atomic mass is 10.1. The van der Waals surface area contributed by atoms with E-state index in [1.54, 1.807) is 0 Å². The van der Waals surface area contributed by atoms with Gasteiger partial charge in [0.15, 0.2) is 11.6 Å². The molecule has 0 radical (unpaired) electrons. The molecule has 21 heavy (non-hydrogen) atoms. The van der Waals surface area contributed by atoms with Crippen LogP contribution >= 0.6 is 0 Å². The average Bonchev–Trinajstić information content (AvgIpc) is 2.73. The van der Waals surface area contributed by atoms with Gasteiger partial charge in [-0.3, -0.25) is 4.79 Å². The normalized spacial score (nSPS) is 22.1. The molecule has 2 rings (SSSR count). The van der Waals surface area contributed by atoms with Crippen LogP contribution in [0.4, 0.5) is 14.5 Å². The Morgan fingerprint density at radius 1 is 1.43 bits per heavy atom. The lowest BCUT2D eigenvalue weighted by Crippen LogP contribution is -2.41. The number of halogens is 2. The number of likely N-dealkylation sites (N-methyl/N-ethyl adjacent to an activating group) is 1. The number of benzene rings is 1. The molecule has 0 aliphatic carbocycles. The van der Waals surface area contributed by atoms with E-state index in [0.717, 1.165) is 12.1 Å². The summed E-state index contributed by atoms with van der Waals surface area (Å²) >= 11 is 0. The minimum absolute atomic E-state index is 0.0771. The van der Waals surface area contributed by atoms with Crippen LogP contribution in [0, 0.1) is 11.6 Å². The third-order valence-electron chi connectivity index (χ3n) is 3.55. The number of rotatable bonds is 3. The maximum Gasteiger partial charge on any atom is 0.256 e. The first kappa shape index (κ1) is 15.7. The summed E-state index contributed by atoms with van der Waals surface area (Å²) in [4.78, 5) is 15.9. The second kappa shape index (κ2) is 5.95. The van der Waals surface area contributed by atoms with Crippen molar-refractivity contribution in [3.8, 4) is 0 Å². The van der Waals surface area contributed by atoms with E-state index >= 15 is 0 Å². The molecule has 0 bridgehead atoms. The number of amides is 1. The molecular weight excluding hydrogens is 280 g/mol. The van der Waals surface area contributed by atoms with Crippen LogP contribution in [-0.4, -0.2) is 60.1 Å². The van der Waals surface area contributed by atoms with E-state index < -0.39 is 23.6 Å². The van der Waals surface area contributed by atoms with Gasteiger partial charge in [0, 0.05) is 30.9 Å². The maximum atomic E-state index is 13.3. The largest absolute Gasteiger partial charge is 0.398 e. The number of aliphatic hydroxyl groups excluding tert-OH is 1. The number of nitrogens with zero attached hydrogens (tertiary/aromatic N) is 2. The lowest BCUT2D eigenvalue weighted by Gasteiger charge is -2.27. The average molecular weight is 299 g/mol. The van der Waals surface area contributed by atoms with Crippen molar-refractivity contribution in [1.82, 2.24) is 9.80 Å². The van der Waals surface area contributed by atoms with E-state index in [2.05, 4.69) is 0 Å². The fraction of sp³-hybridized carbons (Fsp3) is 0.500. The minimum atomic E-state index is -1.11. The zero-order valence-corrected chi connectivity index (χ0v) is 12.0. The molecule has 5 nitrogen and oxygen atoms in total. The van der Waals surface area contributed by atoms with E-state index in [-0.39, 0.29) is 23.8 Å². The summed E-state index contributed by atoms with van der Waals surface area (Å²) < 4.78 is 26.4. The first-order valence-electron chi connectivity index (χ1n) is 6.68. The highest BCUT2D eigenvalue weighted by molar-refractivity contribution is 5.99. The molecule has 3 N–H and O–H groups in total. The second-order valence-corrected chi connectivity index (χ2v) is 5.62. The first-order chi connectivity index (χ1) is 9.79. The van der Waals surface area contributed by atoms with E-state index in [1.807, 2.05) is 19.0 Å². The second-order valence-electron chi connectivity index (χ2n) is 5.62. The Bertz CT molecular complexity index is 551. The Balaban J connectivity index is 2.28. The standard InChI is InChI=1S/C14H19F2N3O2/c1-18(2)6-8-3-9(20)7-19(8)14(21)10-4-11(15)12(16)5-13(10)17/h4-5,8-9,20H,3,6-7,17H2,1-2H3. The molecule has 1 aromatic carbocycles.